The second-order valence-corrected chi connectivity index (χ2v) is 7.22. The van der Waals surface area contributed by atoms with Crippen LogP contribution in [0.1, 0.15) is 25.3 Å². The minimum absolute atomic E-state index is 0.358. The van der Waals surface area contributed by atoms with Crippen molar-refractivity contribution < 1.29 is 0 Å². The van der Waals surface area contributed by atoms with Crippen LogP contribution in [0, 0.1) is 6.92 Å². The van der Waals surface area contributed by atoms with Crippen LogP contribution in [0.3, 0.4) is 0 Å². The summed E-state index contributed by atoms with van der Waals surface area (Å²) in [6.07, 6.45) is 6.54. The van der Waals surface area contributed by atoms with Gasteiger partial charge in [0.15, 0.2) is 5.96 Å². The Hall–Kier alpha value is -1.17. The van der Waals surface area contributed by atoms with Crippen molar-refractivity contribution in [2.75, 3.05) is 25.9 Å². The highest BCUT2D eigenvalue weighted by Crippen LogP contribution is 2.36. The molecule has 0 amide bonds. The lowest BCUT2D eigenvalue weighted by Gasteiger charge is -2.24. The summed E-state index contributed by atoms with van der Waals surface area (Å²) >= 11 is 2.06. The van der Waals surface area contributed by atoms with Crippen LogP contribution in [0.2, 0.25) is 0 Å². The van der Waals surface area contributed by atoms with Gasteiger partial charge in [-0.15, -0.1) is 0 Å². The lowest BCUT2D eigenvalue weighted by atomic mass is 10.1. The minimum atomic E-state index is 0.358. The largest absolute Gasteiger partial charge is 0.355 e. The lowest BCUT2D eigenvalue weighted by molar-refractivity contribution is 0.572. The number of nitrogens with zero attached hydrogens (tertiary/aromatic N) is 3. The Kier molecular flexibility index (Phi) is 5.34. The molecule has 1 aliphatic heterocycles. The van der Waals surface area contributed by atoms with Gasteiger partial charge < -0.3 is 10.6 Å². The summed E-state index contributed by atoms with van der Waals surface area (Å²) < 4.78 is 2.31. The zero-order chi connectivity index (χ0) is 14.4. The molecule has 0 spiro atoms. The van der Waals surface area contributed by atoms with Crippen LogP contribution in [-0.4, -0.2) is 46.4 Å². The van der Waals surface area contributed by atoms with Crippen LogP contribution in [0.5, 0.6) is 0 Å². The van der Waals surface area contributed by atoms with E-state index in [-0.39, 0.29) is 0 Å². The van der Waals surface area contributed by atoms with E-state index in [1.807, 2.05) is 24.1 Å². The zero-order valence-electron chi connectivity index (χ0n) is 12.6. The van der Waals surface area contributed by atoms with Gasteiger partial charge in [0.2, 0.25) is 0 Å². The maximum Gasteiger partial charge on any atom is 0.191 e. The van der Waals surface area contributed by atoms with Crippen molar-refractivity contribution in [2.24, 2.45) is 4.99 Å². The lowest BCUT2D eigenvalue weighted by Crippen LogP contribution is -2.44. The molecule has 1 aliphatic rings. The molecular weight excluding hydrogens is 270 g/mol. The van der Waals surface area contributed by atoms with Gasteiger partial charge in [0, 0.05) is 31.1 Å². The summed E-state index contributed by atoms with van der Waals surface area (Å²) in [6, 6.07) is 0. The number of aryl methyl sites for hydroxylation is 1. The van der Waals surface area contributed by atoms with Gasteiger partial charge in [-0.05, 0) is 38.0 Å². The molecule has 0 saturated carbocycles. The average Bonchev–Trinajstić information content (AvgIpc) is 3.03. The standard InChI is InChI=1S/C14H25N5S/c1-12-9-18-19(10-12)7-6-16-13(15-3)17-11-14(2)5-4-8-20-14/h9-10H,4-8,11H2,1-3H3,(H2,15,16,17). The monoisotopic (exact) mass is 295 g/mol. The van der Waals surface area contributed by atoms with E-state index in [1.165, 1.54) is 24.2 Å². The number of aliphatic imine (C=N–C) groups is 1. The third-order valence-electron chi connectivity index (χ3n) is 3.55. The second-order valence-electron chi connectivity index (χ2n) is 5.54. The Balaban J connectivity index is 1.70. The van der Waals surface area contributed by atoms with Crippen molar-refractivity contribution in [1.29, 1.82) is 0 Å². The maximum atomic E-state index is 4.27. The summed E-state index contributed by atoms with van der Waals surface area (Å²) in [5.41, 5.74) is 1.19. The fourth-order valence-corrected chi connectivity index (χ4v) is 3.59. The highest BCUT2D eigenvalue weighted by atomic mass is 32.2. The Morgan fingerprint density at radius 2 is 2.40 bits per heavy atom. The van der Waals surface area contributed by atoms with Gasteiger partial charge in [-0.1, -0.05) is 0 Å². The normalized spacial score (nSPS) is 23.1. The van der Waals surface area contributed by atoms with E-state index in [0.717, 1.165) is 25.6 Å². The van der Waals surface area contributed by atoms with E-state index in [4.69, 9.17) is 0 Å². The van der Waals surface area contributed by atoms with Gasteiger partial charge in [-0.25, -0.2) is 0 Å². The first-order valence-corrected chi connectivity index (χ1v) is 8.17. The first-order valence-electron chi connectivity index (χ1n) is 7.19. The molecule has 1 aromatic rings. The van der Waals surface area contributed by atoms with E-state index in [0.29, 0.717) is 4.75 Å². The molecule has 1 aromatic heterocycles. The quantitative estimate of drug-likeness (QED) is 0.640. The van der Waals surface area contributed by atoms with Gasteiger partial charge >= 0.3 is 0 Å². The van der Waals surface area contributed by atoms with Crippen LogP contribution in [0.15, 0.2) is 17.4 Å². The zero-order valence-corrected chi connectivity index (χ0v) is 13.5. The highest BCUT2D eigenvalue weighted by Gasteiger charge is 2.29. The molecule has 6 heteroatoms. The number of rotatable bonds is 5. The number of aromatic nitrogens is 2. The Morgan fingerprint density at radius 1 is 1.55 bits per heavy atom. The molecule has 0 aliphatic carbocycles. The Labute approximate surface area is 125 Å². The van der Waals surface area contributed by atoms with Crippen LogP contribution in [-0.2, 0) is 6.54 Å². The van der Waals surface area contributed by atoms with Crippen LogP contribution >= 0.6 is 11.8 Å². The Morgan fingerprint density at radius 3 is 3.00 bits per heavy atom. The number of guanidine groups is 1. The molecule has 0 radical (unpaired) electrons. The van der Waals surface area contributed by atoms with Crippen molar-refractivity contribution in [1.82, 2.24) is 20.4 Å². The molecular formula is C14H25N5S. The number of hydrogen-bond donors (Lipinski definition) is 2. The third kappa shape index (κ3) is 4.44. The fraction of sp³-hybridized carbons (Fsp3) is 0.714. The van der Waals surface area contributed by atoms with Crippen molar-refractivity contribution in [3.63, 3.8) is 0 Å². The smallest absolute Gasteiger partial charge is 0.191 e. The van der Waals surface area contributed by atoms with E-state index in [2.05, 4.69) is 46.3 Å². The van der Waals surface area contributed by atoms with Crippen molar-refractivity contribution in [3.05, 3.63) is 18.0 Å². The summed E-state index contributed by atoms with van der Waals surface area (Å²) in [7, 11) is 1.82. The number of thioether (sulfide) groups is 1. The summed E-state index contributed by atoms with van der Waals surface area (Å²) in [5.74, 6) is 2.16. The predicted octanol–water partition coefficient (Wildman–Crippen LogP) is 1.64. The van der Waals surface area contributed by atoms with E-state index < -0.39 is 0 Å². The van der Waals surface area contributed by atoms with Crippen molar-refractivity contribution in [3.8, 4) is 0 Å². The van der Waals surface area contributed by atoms with E-state index >= 15 is 0 Å². The van der Waals surface area contributed by atoms with E-state index in [1.54, 1.807) is 0 Å². The molecule has 2 N–H and O–H groups in total. The molecule has 112 valence electrons. The van der Waals surface area contributed by atoms with E-state index in [9.17, 15) is 0 Å². The first-order chi connectivity index (χ1) is 9.61. The van der Waals surface area contributed by atoms with Crippen LogP contribution in [0.25, 0.3) is 0 Å². The molecule has 1 saturated heterocycles. The first kappa shape index (κ1) is 15.2. The van der Waals surface area contributed by atoms with Crippen molar-refractivity contribution >= 4 is 17.7 Å². The van der Waals surface area contributed by atoms with Gasteiger partial charge in [0.25, 0.3) is 0 Å². The number of nitrogens with one attached hydrogen (secondary N) is 2. The molecule has 1 atom stereocenters. The average molecular weight is 295 g/mol. The second kappa shape index (κ2) is 7.02. The van der Waals surface area contributed by atoms with Crippen LogP contribution < -0.4 is 10.6 Å². The molecule has 2 heterocycles. The van der Waals surface area contributed by atoms with Gasteiger partial charge in [-0.3, -0.25) is 9.67 Å². The highest BCUT2D eigenvalue weighted by molar-refractivity contribution is 8.00. The fourth-order valence-electron chi connectivity index (χ4n) is 2.35. The molecule has 0 aromatic carbocycles. The van der Waals surface area contributed by atoms with Gasteiger partial charge in [0.05, 0.1) is 12.7 Å². The van der Waals surface area contributed by atoms with Crippen molar-refractivity contribution in [2.45, 2.75) is 38.0 Å². The van der Waals surface area contributed by atoms with Gasteiger partial charge in [-0.2, -0.15) is 16.9 Å². The number of hydrogen-bond acceptors (Lipinski definition) is 3. The molecule has 0 bridgehead atoms. The SMILES string of the molecule is CN=C(NCCn1cc(C)cn1)NCC1(C)CCCS1. The molecule has 20 heavy (non-hydrogen) atoms. The molecule has 2 rings (SSSR count). The third-order valence-corrected chi connectivity index (χ3v) is 5.09. The Bertz CT molecular complexity index is 448. The topological polar surface area (TPSA) is 54.2 Å². The van der Waals surface area contributed by atoms with Gasteiger partial charge in [0.1, 0.15) is 0 Å². The predicted molar refractivity (Wildman–Crippen MR) is 86.4 cm³/mol. The molecule has 1 fully saturated rings. The summed E-state index contributed by atoms with van der Waals surface area (Å²) in [5, 5.41) is 11.0. The molecule has 1 unspecified atom stereocenters. The maximum absolute atomic E-state index is 4.27. The van der Waals surface area contributed by atoms with Crippen LogP contribution in [0.4, 0.5) is 0 Å². The summed E-state index contributed by atoms with van der Waals surface area (Å²) in [6.45, 7) is 7.03. The molecule has 5 nitrogen and oxygen atoms in total. The summed E-state index contributed by atoms with van der Waals surface area (Å²) in [4.78, 5) is 4.27. The minimum Gasteiger partial charge on any atom is -0.355 e.